The first-order valence-corrected chi connectivity index (χ1v) is 17.8. The van der Waals surface area contributed by atoms with E-state index in [9.17, 15) is 9.46 Å². The molecule has 3 aromatic carbocycles. The summed E-state index contributed by atoms with van der Waals surface area (Å²) in [5, 5.41) is 0.633. The van der Waals surface area contributed by atoms with E-state index in [2.05, 4.69) is 6.07 Å². The lowest BCUT2D eigenvalue weighted by Crippen LogP contribution is -2.34. The van der Waals surface area contributed by atoms with E-state index in [1.807, 2.05) is 84.1 Å². The van der Waals surface area contributed by atoms with Crippen LogP contribution in [0.3, 0.4) is 0 Å². The minimum atomic E-state index is -4.66. The average Bonchev–Trinajstić information content (AvgIpc) is 2.96. The predicted molar refractivity (Wildman–Crippen MR) is 185 cm³/mol. The van der Waals surface area contributed by atoms with Crippen LogP contribution in [0.25, 0.3) is 0 Å². The van der Waals surface area contributed by atoms with Crippen LogP contribution in [0.15, 0.2) is 60.7 Å². The lowest BCUT2D eigenvalue weighted by Gasteiger charge is -2.30. The molecule has 1 N–H and O–H groups in total. The van der Waals surface area contributed by atoms with Crippen molar-refractivity contribution in [2.24, 2.45) is 0 Å². The molecule has 2 unspecified atom stereocenters. The van der Waals surface area contributed by atoms with E-state index in [0.717, 1.165) is 35.5 Å². The van der Waals surface area contributed by atoms with E-state index in [1.54, 1.807) is 7.11 Å². The molecule has 44 heavy (non-hydrogen) atoms. The highest BCUT2D eigenvalue weighted by Gasteiger charge is 2.40. The van der Waals surface area contributed by atoms with E-state index in [4.69, 9.17) is 69.7 Å². The number of phosphoric ester groups is 1. The topological polar surface area (TPSA) is 86.7 Å². The molecule has 0 spiro atoms. The third-order valence-corrected chi connectivity index (χ3v) is 10.3. The highest BCUT2D eigenvalue weighted by atomic mass is 127. The largest absolute Gasteiger partial charge is 0.497 e. The zero-order valence-electron chi connectivity index (χ0n) is 24.5. The van der Waals surface area contributed by atoms with E-state index in [0.29, 0.717) is 12.1 Å². The molecule has 3 aromatic rings. The van der Waals surface area contributed by atoms with Crippen LogP contribution < -0.4 is 9.47 Å². The summed E-state index contributed by atoms with van der Waals surface area (Å²) < 4.78 is 39.7. The van der Waals surface area contributed by atoms with Crippen LogP contribution in [0.1, 0.15) is 23.1 Å². The standard InChI is InChI=1S/C30H35Cl4INO7P/c1-36(2)18-24(19-40-29-10-5-4-8-22(29)12-11-21-7-6-9-23(15-21)39-3)41-20-42-44(37,38)43-30(35,13-14-31)25-16-27(33)28(34)17-26(25)32/h4-10,15-17,24H,11-14,18-20H2,1-3H3,(H,37,38)/t24-,30?/m0/s1. The molecule has 0 saturated carbocycles. The number of ether oxygens (including phenoxy) is 3. The Morgan fingerprint density at radius 2 is 1.73 bits per heavy atom. The van der Waals surface area contributed by atoms with Gasteiger partial charge in [-0.15, -0.1) is 11.6 Å². The number of hydrogen-bond acceptors (Lipinski definition) is 7. The number of rotatable bonds is 18. The fraction of sp³-hybridized carbons (Fsp3) is 0.400. The Hall–Kier alpha value is -0.820. The molecule has 242 valence electrons. The first kappa shape index (κ1) is 37.6. The van der Waals surface area contributed by atoms with E-state index < -0.39 is 24.3 Å². The van der Waals surface area contributed by atoms with Crippen LogP contribution in [0.5, 0.6) is 11.5 Å². The molecule has 0 bridgehead atoms. The molecule has 8 nitrogen and oxygen atoms in total. The minimum Gasteiger partial charge on any atom is -0.497 e. The smallest absolute Gasteiger partial charge is 0.475 e. The van der Waals surface area contributed by atoms with Gasteiger partial charge in [0.1, 0.15) is 24.2 Å². The first-order chi connectivity index (χ1) is 20.9. The molecular weight excluding hydrogens is 786 g/mol. The summed E-state index contributed by atoms with van der Waals surface area (Å²) >= 11 is 26.5. The maximum Gasteiger partial charge on any atom is 0.475 e. The molecule has 14 heteroatoms. The number of methoxy groups -OCH3 is 1. The lowest BCUT2D eigenvalue weighted by molar-refractivity contribution is -0.0745. The number of benzene rings is 3. The van der Waals surface area contributed by atoms with Gasteiger partial charge in [-0.1, -0.05) is 65.1 Å². The molecule has 0 aromatic heterocycles. The Kier molecular flexibility index (Phi) is 15.3. The van der Waals surface area contributed by atoms with Crippen LogP contribution in [0.4, 0.5) is 0 Å². The van der Waals surface area contributed by atoms with Crippen molar-refractivity contribution < 1.29 is 32.7 Å². The third-order valence-electron chi connectivity index (χ3n) is 6.39. The van der Waals surface area contributed by atoms with Crippen LogP contribution in [-0.2, 0) is 34.8 Å². The zero-order chi connectivity index (χ0) is 32.3. The van der Waals surface area contributed by atoms with Gasteiger partial charge in [0.15, 0.2) is 10.4 Å². The summed E-state index contributed by atoms with van der Waals surface area (Å²) in [6.45, 7) is 0.110. The van der Waals surface area contributed by atoms with Crippen LogP contribution >= 0.6 is 76.8 Å². The van der Waals surface area contributed by atoms with Crippen LogP contribution in [-0.4, -0.2) is 62.9 Å². The maximum absolute atomic E-state index is 13.0. The van der Waals surface area contributed by atoms with E-state index in [1.165, 1.54) is 12.1 Å². The summed E-state index contributed by atoms with van der Waals surface area (Å²) in [6.07, 6.45) is 1.20. The Morgan fingerprint density at radius 1 is 1.00 bits per heavy atom. The van der Waals surface area contributed by atoms with Crippen molar-refractivity contribution in [1.82, 2.24) is 4.90 Å². The predicted octanol–water partition coefficient (Wildman–Crippen LogP) is 8.77. The summed E-state index contributed by atoms with van der Waals surface area (Å²) in [5.41, 5.74) is 2.53. The number of hydrogen-bond donors (Lipinski definition) is 1. The van der Waals surface area contributed by atoms with Crippen molar-refractivity contribution in [3.63, 3.8) is 0 Å². The highest BCUT2D eigenvalue weighted by Crippen LogP contribution is 2.56. The van der Waals surface area contributed by atoms with Gasteiger partial charge in [-0.25, -0.2) is 4.57 Å². The second-order valence-electron chi connectivity index (χ2n) is 10.0. The number of nitrogens with zero attached hydrogens (tertiary/aromatic N) is 1. The Balaban J connectivity index is 1.62. The zero-order valence-corrected chi connectivity index (χ0v) is 30.6. The fourth-order valence-electron chi connectivity index (χ4n) is 4.26. The Bertz CT molecular complexity index is 1420. The number of alkyl halides is 2. The van der Waals surface area contributed by atoms with Gasteiger partial charge in [-0.3, -0.25) is 9.05 Å². The molecule has 0 aliphatic carbocycles. The number of aryl methyl sites for hydroxylation is 2. The fourth-order valence-corrected chi connectivity index (χ4v) is 7.97. The SMILES string of the molecule is COc1cccc(CCc2ccccc2OC[C@H](CN(C)C)OCOP(=O)(O)OC(I)(CCCl)c2cc(Cl)c(Cl)cc2Cl)c1. The highest BCUT2D eigenvalue weighted by molar-refractivity contribution is 14.1. The maximum atomic E-state index is 13.0. The summed E-state index contributed by atoms with van der Waals surface area (Å²) in [6, 6.07) is 18.7. The second-order valence-corrected chi connectivity index (χ2v) is 14.8. The van der Waals surface area contributed by atoms with Crippen LogP contribution in [0, 0.1) is 0 Å². The van der Waals surface area contributed by atoms with Crippen molar-refractivity contribution in [3.05, 3.63) is 92.4 Å². The number of likely N-dealkylation sites (N-methyl/N-ethyl adjacent to an activating group) is 1. The molecule has 0 saturated heterocycles. The number of phosphoric acid groups is 1. The molecule has 0 radical (unpaired) electrons. The van der Waals surface area contributed by atoms with Crippen molar-refractivity contribution in [2.75, 3.05) is 47.0 Å². The summed E-state index contributed by atoms with van der Waals surface area (Å²) in [4.78, 5) is 12.5. The van der Waals surface area contributed by atoms with Crippen molar-refractivity contribution >= 4 is 76.8 Å². The summed E-state index contributed by atoms with van der Waals surface area (Å²) in [5.74, 6) is 1.64. The van der Waals surface area contributed by atoms with Gasteiger partial charge in [-0.2, -0.15) is 0 Å². The monoisotopic (exact) mass is 819 g/mol. The molecule has 3 rings (SSSR count). The summed E-state index contributed by atoms with van der Waals surface area (Å²) in [7, 11) is 0.758. The molecule has 0 aliphatic rings. The van der Waals surface area contributed by atoms with Crippen molar-refractivity contribution in [2.45, 2.75) is 29.0 Å². The molecule has 0 fully saturated rings. The number of para-hydroxylation sites is 1. The number of halogens is 5. The van der Waals surface area contributed by atoms with E-state index in [-0.39, 0.29) is 34.0 Å². The molecule has 0 amide bonds. The van der Waals surface area contributed by atoms with Gasteiger partial charge in [0.2, 0.25) is 0 Å². The first-order valence-electron chi connectivity index (χ1n) is 13.5. The van der Waals surface area contributed by atoms with Crippen molar-refractivity contribution in [1.29, 1.82) is 0 Å². The average molecular weight is 821 g/mol. The van der Waals surface area contributed by atoms with Gasteiger partial charge < -0.3 is 24.0 Å². The van der Waals surface area contributed by atoms with Gasteiger partial charge in [0.25, 0.3) is 0 Å². The minimum absolute atomic E-state index is 0.0965. The quantitative estimate of drug-likeness (QED) is 0.0449. The molecule has 0 heterocycles. The molecule has 3 atom stereocenters. The third kappa shape index (κ3) is 11.8. The second kappa shape index (κ2) is 17.9. The van der Waals surface area contributed by atoms with Crippen LogP contribution in [0.2, 0.25) is 15.1 Å². The van der Waals surface area contributed by atoms with Gasteiger partial charge in [0.05, 0.1) is 17.2 Å². The van der Waals surface area contributed by atoms with Gasteiger partial charge in [-0.05, 0) is 91.0 Å². The lowest BCUT2D eigenvalue weighted by atomic mass is 10.0. The normalized spacial score (nSPS) is 15.0. The van der Waals surface area contributed by atoms with Gasteiger partial charge in [0, 0.05) is 29.4 Å². The molecule has 0 aliphatic heterocycles. The Labute approximate surface area is 292 Å². The molecular formula is C30H35Cl4INO7P. The van der Waals surface area contributed by atoms with Crippen molar-refractivity contribution in [3.8, 4) is 11.5 Å². The van der Waals surface area contributed by atoms with Gasteiger partial charge >= 0.3 is 7.82 Å². The Morgan fingerprint density at radius 3 is 2.43 bits per heavy atom. The van der Waals surface area contributed by atoms with E-state index >= 15 is 0 Å².